The lowest BCUT2D eigenvalue weighted by molar-refractivity contribution is -0.142. The van der Waals surface area contributed by atoms with E-state index in [4.69, 9.17) is 24.2 Å². The second kappa shape index (κ2) is 16.7. The summed E-state index contributed by atoms with van der Waals surface area (Å²) >= 11 is 0. The van der Waals surface area contributed by atoms with Crippen molar-refractivity contribution in [1.82, 2.24) is 30.2 Å². The van der Waals surface area contributed by atoms with Gasteiger partial charge in [-0.05, 0) is 95.6 Å². The van der Waals surface area contributed by atoms with Crippen LogP contribution in [0.1, 0.15) is 109 Å². The zero-order valence-electron chi connectivity index (χ0n) is 34.0. The van der Waals surface area contributed by atoms with Gasteiger partial charge in [0, 0.05) is 18.4 Å². The fourth-order valence-corrected chi connectivity index (χ4v) is 10.5. The van der Waals surface area contributed by atoms with E-state index in [1.54, 1.807) is 26.2 Å². The van der Waals surface area contributed by atoms with Crippen molar-refractivity contribution in [2.75, 3.05) is 13.7 Å². The molecule has 3 fully saturated rings. The lowest BCUT2D eigenvalue weighted by Crippen LogP contribution is -2.67. The highest BCUT2D eigenvalue weighted by Crippen LogP contribution is 2.43. The Morgan fingerprint density at radius 3 is 2.53 bits per heavy atom. The molecule has 7 atom stereocenters. The minimum atomic E-state index is -4.04. The number of aryl methyl sites for hydroxylation is 1. The molecule has 3 N–H and O–H groups in total. The van der Waals surface area contributed by atoms with Crippen molar-refractivity contribution in [2.45, 2.75) is 144 Å². The summed E-state index contributed by atoms with van der Waals surface area (Å²) in [6, 6.07) is 3.34. The zero-order chi connectivity index (χ0) is 41.4. The number of sulfonamides is 1. The third kappa shape index (κ3) is 8.51. The Kier molecular flexibility index (Phi) is 11.6. The topological polar surface area (TPSA) is 195 Å². The fraction of sp³-hybridized carbons (Fsp3) is 0.628. The van der Waals surface area contributed by atoms with E-state index in [0.29, 0.717) is 66.9 Å². The Labute approximate surface area is 345 Å². The number of hydrogen-bond acceptors (Lipinski definition) is 11. The van der Waals surface area contributed by atoms with E-state index in [1.807, 2.05) is 24.3 Å². The quantitative estimate of drug-likeness (QED) is 0.354. The number of alkyl carbamates (subject to hydrolysis) is 1. The van der Waals surface area contributed by atoms with Gasteiger partial charge in [-0.1, -0.05) is 50.0 Å². The van der Waals surface area contributed by atoms with Crippen LogP contribution in [0.5, 0.6) is 11.6 Å². The number of rotatable bonds is 4. The average molecular weight is 833 g/mol. The summed E-state index contributed by atoms with van der Waals surface area (Å²) in [4.78, 5) is 68.5. The molecule has 8 rings (SSSR count). The summed E-state index contributed by atoms with van der Waals surface area (Å²) in [7, 11) is -2.46. The molecule has 3 bridgehead atoms. The summed E-state index contributed by atoms with van der Waals surface area (Å²) in [5.41, 5.74) is 0.209. The minimum Gasteiger partial charge on any atom is -0.497 e. The molecule has 2 saturated carbocycles. The Bertz CT molecular complexity index is 2140. The molecule has 16 heteroatoms. The number of ether oxygens (including phenoxy) is 3. The maximum atomic E-state index is 14.8. The standard InChI is InChI=1S/C43H56N6O9S/c1-42(22-23-42)59(54,55)48-40(52)43-21-20-28(43)14-8-4-3-5-9-16-33-39(51)49-26-30(25-35(49)37(50)47-43)57-38-32(44-31-19-18-29(56-2)24-34(31)45-38)15-10-6-7-12-27-13-11-17-36(27)58-41(53)46-33/h8,14,18-21,24,27-28,30,33,35-36H,3-7,9-13,15-17,22-23,25-26H2,1-2H3,(H,46,53)(H,47,50)(H,48,52)/b14-8-/t27-,28-,30-,33+,35+,36-,43-/m1/s1. The van der Waals surface area contributed by atoms with Crippen LogP contribution in [0.15, 0.2) is 42.5 Å². The van der Waals surface area contributed by atoms with Crippen LogP contribution < -0.4 is 24.8 Å². The van der Waals surface area contributed by atoms with Gasteiger partial charge in [0.25, 0.3) is 5.91 Å². The molecule has 318 valence electrons. The molecule has 15 nitrogen and oxygen atoms in total. The van der Waals surface area contributed by atoms with E-state index >= 15 is 0 Å². The minimum absolute atomic E-state index is 0.0167. The van der Waals surface area contributed by atoms with Crippen LogP contribution in [-0.2, 0) is 35.6 Å². The van der Waals surface area contributed by atoms with Crippen LogP contribution >= 0.6 is 0 Å². The maximum absolute atomic E-state index is 14.8. The van der Waals surface area contributed by atoms with Gasteiger partial charge in [0.05, 0.1) is 29.4 Å². The molecule has 6 aliphatic rings. The number of carbonyl (C=O) groups is 4. The molecule has 3 aliphatic carbocycles. The van der Waals surface area contributed by atoms with Crippen molar-refractivity contribution in [2.24, 2.45) is 11.8 Å². The first-order valence-electron chi connectivity index (χ1n) is 21.4. The zero-order valence-corrected chi connectivity index (χ0v) is 34.8. The van der Waals surface area contributed by atoms with Gasteiger partial charge < -0.3 is 29.7 Å². The van der Waals surface area contributed by atoms with Crippen LogP contribution in [0.4, 0.5) is 4.79 Å². The molecule has 1 aromatic carbocycles. The molecule has 0 spiro atoms. The van der Waals surface area contributed by atoms with Crippen LogP contribution in [0.2, 0.25) is 0 Å². The predicted octanol–water partition coefficient (Wildman–Crippen LogP) is 4.93. The number of aromatic nitrogens is 2. The molecule has 1 aromatic heterocycles. The lowest BCUT2D eigenvalue weighted by Gasteiger charge is -2.42. The Morgan fingerprint density at radius 2 is 1.75 bits per heavy atom. The van der Waals surface area contributed by atoms with Crippen LogP contribution in [-0.4, -0.2) is 95.3 Å². The molecule has 3 aliphatic heterocycles. The van der Waals surface area contributed by atoms with Crippen LogP contribution in [0.25, 0.3) is 11.0 Å². The summed E-state index contributed by atoms with van der Waals surface area (Å²) in [5, 5.41) is 5.80. The third-order valence-corrected chi connectivity index (χ3v) is 15.5. The Hall–Kier alpha value is -4.73. The smallest absolute Gasteiger partial charge is 0.408 e. The monoisotopic (exact) mass is 832 g/mol. The number of nitrogens with one attached hydrogen (secondary N) is 3. The molecule has 59 heavy (non-hydrogen) atoms. The molecule has 4 amide bonds. The van der Waals surface area contributed by atoms with E-state index in [9.17, 15) is 27.6 Å². The maximum Gasteiger partial charge on any atom is 0.408 e. The van der Waals surface area contributed by atoms with Gasteiger partial charge in [0.15, 0.2) is 0 Å². The van der Waals surface area contributed by atoms with E-state index in [1.165, 1.54) is 11.0 Å². The number of hydrogen-bond donors (Lipinski definition) is 3. The summed E-state index contributed by atoms with van der Waals surface area (Å²) < 4.78 is 46.0. The molecule has 0 radical (unpaired) electrons. The highest BCUT2D eigenvalue weighted by molar-refractivity contribution is 7.91. The highest BCUT2D eigenvalue weighted by atomic mass is 32.2. The number of allylic oxidation sites excluding steroid dienone is 1. The first-order chi connectivity index (χ1) is 28.4. The fourth-order valence-electron chi connectivity index (χ4n) is 9.22. The summed E-state index contributed by atoms with van der Waals surface area (Å²) in [6.45, 7) is 1.57. The van der Waals surface area contributed by atoms with E-state index in [-0.39, 0.29) is 25.0 Å². The van der Waals surface area contributed by atoms with Crippen molar-refractivity contribution in [3.05, 3.63) is 48.2 Å². The van der Waals surface area contributed by atoms with Crippen molar-refractivity contribution in [3.63, 3.8) is 0 Å². The van der Waals surface area contributed by atoms with E-state index in [0.717, 1.165) is 57.8 Å². The molecule has 2 aromatic rings. The number of carbonyl (C=O) groups excluding carboxylic acids is 4. The van der Waals surface area contributed by atoms with Gasteiger partial charge in [0.2, 0.25) is 27.7 Å². The number of amides is 4. The van der Waals surface area contributed by atoms with Gasteiger partial charge in [-0.25, -0.2) is 23.2 Å². The SMILES string of the molecule is COc1ccc2nc3c(nc2c1)O[C@@H]1C[C@H]2C(=O)N[C@]4(C(=O)NS(=O)(=O)C5(C)CC5)C=C[C@H]4/C=C\CCCCC[C@H](NC(=O)O[C@@H]4CCC[C@H]4CCCCC3)C(=O)N2C1. The Balaban J connectivity index is 1.15. The van der Waals surface area contributed by atoms with Gasteiger partial charge in [-0.2, -0.15) is 0 Å². The first-order valence-corrected chi connectivity index (χ1v) is 22.9. The number of methoxy groups -OCH3 is 1. The third-order valence-electron chi connectivity index (χ3n) is 13.3. The second-order valence-corrected chi connectivity index (χ2v) is 19.6. The van der Waals surface area contributed by atoms with Gasteiger partial charge >= 0.3 is 6.09 Å². The molecular formula is C43H56N6O9S. The number of fused-ring (bicyclic) bond motifs is 6. The van der Waals surface area contributed by atoms with E-state index < -0.39 is 68.2 Å². The van der Waals surface area contributed by atoms with Crippen molar-refractivity contribution >= 4 is 44.9 Å². The molecule has 4 heterocycles. The summed E-state index contributed by atoms with van der Waals surface area (Å²) in [6.07, 6.45) is 16.5. The lowest BCUT2D eigenvalue weighted by atomic mass is 9.73. The van der Waals surface area contributed by atoms with Gasteiger partial charge in [-0.15, -0.1) is 0 Å². The average Bonchev–Trinajstić information content (AvgIpc) is 3.61. The van der Waals surface area contributed by atoms with Crippen molar-refractivity contribution < 1.29 is 41.8 Å². The molecule has 0 unspecified atom stereocenters. The van der Waals surface area contributed by atoms with Crippen molar-refractivity contribution in [1.29, 1.82) is 0 Å². The normalized spacial score (nSPS) is 31.8. The molecular weight excluding hydrogens is 777 g/mol. The largest absolute Gasteiger partial charge is 0.497 e. The first kappa shape index (κ1) is 41.0. The predicted molar refractivity (Wildman–Crippen MR) is 218 cm³/mol. The van der Waals surface area contributed by atoms with Crippen LogP contribution in [0.3, 0.4) is 0 Å². The van der Waals surface area contributed by atoms with Crippen molar-refractivity contribution in [3.8, 4) is 11.6 Å². The van der Waals surface area contributed by atoms with Crippen LogP contribution in [0, 0.1) is 11.8 Å². The second-order valence-electron chi connectivity index (χ2n) is 17.4. The Morgan fingerprint density at radius 1 is 0.949 bits per heavy atom. The van der Waals surface area contributed by atoms with Gasteiger partial charge in [-0.3, -0.25) is 19.1 Å². The van der Waals surface area contributed by atoms with E-state index in [2.05, 4.69) is 15.4 Å². The van der Waals surface area contributed by atoms with Gasteiger partial charge in [0.1, 0.15) is 41.3 Å². The summed E-state index contributed by atoms with van der Waals surface area (Å²) in [5.74, 6) is -1.46. The number of nitrogens with zero attached hydrogens (tertiary/aromatic N) is 3. The highest BCUT2D eigenvalue weighted by Gasteiger charge is 2.56. The number of benzene rings is 1. The molecule has 1 saturated heterocycles.